The van der Waals surface area contributed by atoms with Crippen LogP contribution in [0.25, 0.3) is 0 Å². The van der Waals surface area contributed by atoms with Gasteiger partial charge in [-0.2, -0.15) is 5.26 Å². The summed E-state index contributed by atoms with van der Waals surface area (Å²) in [5.74, 6) is 0.749. The molecule has 1 unspecified atom stereocenters. The van der Waals surface area contributed by atoms with E-state index in [2.05, 4.69) is 21.7 Å². The third-order valence-electron chi connectivity index (χ3n) is 2.62. The molecule has 0 fully saturated rings. The second kappa shape index (κ2) is 11.3. The Balaban J connectivity index is 0.00000400. The predicted octanol–water partition coefficient (Wildman–Crippen LogP) is 2.27. The average molecular weight is 402 g/mol. The summed E-state index contributed by atoms with van der Waals surface area (Å²) in [6, 6.07) is 9.80. The van der Waals surface area contributed by atoms with Crippen LogP contribution in [-0.4, -0.2) is 32.3 Å². The van der Waals surface area contributed by atoms with Crippen LogP contribution in [0, 0.1) is 11.3 Å². The third kappa shape index (κ3) is 7.87. The van der Waals surface area contributed by atoms with Gasteiger partial charge in [0.1, 0.15) is 0 Å². The van der Waals surface area contributed by atoms with Gasteiger partial charge in [0, 0.05) is 19.7 Å². The van der Waals surface area contributed by atoms with Crippen LogP contribution < -0.4 is 10.6 Å². The van der Waals surface area contributed by atoms with Crippen molar-refractivity contribution in [3.8, 4) is 6.07 Å². The van der Waals surface area contributed by atoms with Gasteiger partial charge in [0.05, 0.1) is 24.8 Å². The first-order valence-electron chi connectivity index (χ1n) is 6.72. The average Bonchev–Trinajstić information content (AvgIpc) is 2.45. The quantitative estimate of drug-likeness (QED) is 0.435. The fourth-order valence-corrected chi connectivity index (χ4v) is 1.75. The number of halogens is 1. The fraction of sp³-hybridized carbons (Fsp3) is 0.467. The summed E-state index contributed by atoms with van der Waals surface area (Å²) < 4.78 is 5.09. The summed E-state index contributed by atoms with van der Waals surface area (Å²) in [6.07, 6.45) is 0. The van der Waals surface area contributed by atoms with Crippen molar-refractivity contribution in [2.45, 2.75) is 26.4 Å². The van der Waals surface area contributed by atoms with E-state index in [1.54, 1.807) is 13.2 Å². The molecule has 0 bridgehead atoms. The maximum Gasteiger partial charge on any atom is 0.191 e. The van der Waals surface area contributed by atoms with E-state index in [-0.39, 0.29) is 30.0 Å². The van der Waals surface area contributed by atoms with E-state index in [1.165, 1.54) is 0 Å². The summed E-state index contributed by atoms with van der Waals surface area (Å²) in [4.78, 5) is 4.51. The molecule has 1 aromatic carbocycles. The molecule has 0 amide bonds. The van der Waals surface area contributed by atoms with Crippen LogP contribution in [0.1, 0.15) is 25.0 Å². The second-order valence-electron chi connectivity index (χ2n) is 4.51. The zero-order chi connectivity index (χ0) is 14.8. The minimum atomic E-state index is 0. The smallest absolute Gasteiger partial charge is 0.191 e. The van der Waals surface area contributed by atoms with Crippen LogP contribution in [0.15, 0.2) is 29.3 Å². The fourth-order valence-electron chi connectivity index (χ4n) is 1.75. The molecule has 1 aromatic rings. The van der Waals surface area contributed by atoms with Gasteiger partial charge in [-0.1, -0.05) is 12.1 Å². The Bertz CT molecular complexity index is 485. The summed E-state index contributed by atoms with van der Waals surface area (Å²) in [5, 5.41) is 15.3. The largest absolute Gasteiger partial charge is 0.383 e. The van der Waals surface area contributed by atoms with Crippen molar-refractivity contribution in [1.82, 2.24) is 10.6 Å². The van der Waals surface area contributed by atoms with E-state index >= 15 is 0 Å². The number of nitrogens with zero attached hydrogens (tertiary/aromatic N) is 2. The van der Waals surface area contributed by atoms with Gasteiger partial charge in [-0.15, -0.1) is 24.0 Å². The standard InChI is InChI=1S/C15H22N4O.HI/c1-4-17-15(19-12(2)11-20-3)18-10-14-7-5-6-13(8-14)9-16;/h5-8,12H,4,10-11H2,1-3H3,(H2,17,18,19);1H. The molecule has 0 radical (unpaired) electrons. The van der Waals surface area contributed by atoms with E-state index in [0.717, 1.165) is 18.1 Å². The lowest BCUT2D eigenvalue weighted by molar-refractivity contribution is 0.179. The number of methoxy groups -OCH3 is 1. The van der Waals surface area contributed by atoms with Crippen LogP contribution in [-0.2, 0) is 11.3 Å². The van der Waals surface area contributed by atoms with Crippen LogP contribution in [0.4, 0.5) is 0 Å². The highest BCUT2D eigenvalue weighted by molar-refractivity contribution is 14.0. The Hall–Kier alpha value is -1.33. The number of aliphatic imine (C=N–C) groups is 1. The van der Waals surface area contributed by atoms with E-state index in [9.17, 15) is 0 Å². The zero-order valence-electron chi connectivity index (χ0n) is 12.7. The van der Waals surface area contributed by atoms with Gasteiger partial charge in [0.15, 0.2) is 5.96 Å². The maximum atomic E-state index is 8.88. The molecule has 1 atom stereocenters. The first-order chi connectivity index (χ1) is 9.69. The Morgan fingerprint density at radius 1 is 1.48 bits per heavy atom. The van der Waals surface area contributed by atoms with Crippen LogP contribution in [0.2, 0.25) is 0 Å². The van der Waals surface area contributed by atoms with Gasteiger partial charge in [-0.3, -0.25) is 0 Å². The normalized spacial score (nSPS) is 12.0. The number of nitriles is 1. The molecule has 0 saturated carbocycles. The lowest BCUT2D eigenvalue weighted by atomic mass is 10.1. The number of guanidine groups is 1. The first-order valence-corrected chi connectivity index (χ1v) is 6.72. The first kappa shape index (κ1) is 19.7. The molecule has 2 N–H and O–H groups in total. The summed E-state index contributed by atoms with van der Waals surface area (Å²) >= 11 is 0. The monoisotopic (exact) mass is 402 g/mol. The number of hydrogen-bond donors (Lipinski definition) is 2. The second-order valence-corrected chi connectivity index (χ2v) is 4.51. The molecule has 0 spiro atoms. The van der Waals surface area contributed by atoms with E-state index in [1.807, 2.05) is 32.0 Å². The van der Waals surface area contributed by atoms with E-state index in [4.69, 9.17) is 10.00 Å². The van der Waals surface area contributed by atoms with Crippen molar-refractivity contribution >= 4 is 29.9 Å². The van der Waals surface area contributed by atoms with Gasteiger partial charge >= 0.3 is 0 Å². The van der Waals surface area contributed by atoms with Gasteiger partial charge in [-0.05, 0) is 31.5 Å². The van der Waals surface area contributed by atoms with Gasteiger partial charge < -0.3 is 15.4 Å². The molecule has 0 aromatic heterocycles. The van der Waals surface area contributed by atoms with Gasteiger partial charge in [0.25, 0.3) is 0 Å². The molecule has 0 aliphatic carbocycles. The number of benzene rings is 1. The molecule has 21 heavy (non-hydrogen) atoms. The minimum Gasteiger partial charge on any atom is -0.383 e. The topological polar surface area (TPSA) is 69.4 Å². The molecule has 6 heteroatoms. The van der Waals surface area contributed by atoms with Crippen molar-refractivity contribution in [3.05, 3.63) is 35.4 Å². The van der Waals surface area contributed by atoms with Crippen molar-refractivity contribution in [2.75, 3.05) is 20.3 Å². The summed E-state index contributed by atoms with van der Waals surface area (Å²) in [5.41, 5.74) is 1.67. The Morgan fingerprint density at radius 3 is 2.86 bits per heavy atom. The molecule has 0 heterocycles. The Labute approximate surface area is 143 Å². The number of hydrogen-bond acceptors (Lipinski definition) is 3. The molecule has 0 aliphatic heterocycles. The van der Waals surface area contributed by atoms with Crippen molar-refractivity contribution in [3.63, 3.8) is 0 Å². The maximum absolute atomic E-state index is 8.88. The highest BCUT2D eigenvalue weighted by atomic mass is 127. The summed E-state index contributed by atoms with van der Waals surface area (Å²) in [6.45, 7) is 6.00. The lowest BCUT2D eigenvalue weighted by Gasteiger charge is -2.17. The van der Waals surface area contributed by atoms with E-state index < -0.39 is 0 Å². The number of nitrogens with one attached hydrogen (secondary N) is 2. The van der Waals surface area contributed by atoms with Crippen LogP contribution >= 0.6 is 24.0 Å². The molecular weight excluding hydrogens is 379 g/mol. The highest BCUT2D eigenvalue weighted by Gasteiger charge is 2.04. The van der Waals surface area contributed by atoms with Crippen LogP contribution in [0.3, 0.4) is 0 Å². The Morgan fingerprint density at radius 2 is 2.24 bits per heavy atom. The molecular formula is C15H23IN4O. The molecule has 1 rings (SSSR count). The molecule has 0 saturated heterocycles. The summed E-state index contributed by atoms with van der Waals surface area (Å²) in [7, 11) is 1.68. The Kier molecular flexibility index (Phi) is 10.6. The highest BCUT2D eigenvalue weighted by Crippen LogP contribution is 2.05. The van der Waals surface area contributed by atoms with E-state index in [0.29, 0.717) is 18.7 Å². The number of ether oxygens (including phenoxy) is 1. The lowest BCUT2D eigenvalue weighted by Crippen LogP contribution is -2.43. The third-order valence-corrected chi connectivity index (χ3v) is 2.62. The molecule has 116 valence electrons. The van der Waals surface area contributed by atoms with Gasteiger partial charge in [-0.25, -0.2) is 4.99 Å². The minimum absolute atomic E-state index is 0. The zero-order valence-corrected chi connectivity index (χ0v) is 15.0. The predicted molar refractivity (Wildman–Crippen MR) is 95.9 cm³/mol. The van der Waals surface area contributed by atoms with Crippen molar-refractivity contribution in [1.29, 1.82) is 5.26 Å². The number of rotatable bonds is 6. The molecule has 0 aliphatic rings. The van der Waals surface area contributed by atoms with Crippen molar-refractivity contribution < 1.29 is 4.74 Å². The van der Waals surface area contributed by atoms with Crippen molar-refractivity contribution in [2.24, 2.45) is 4.99 Å². The van der Waals surface area contributed by atoms with Crippen LogP contribution in [0.5, 0.6) is 0 Å². The molecule has 5 nitrogen and oxygen atoms in total. The van der Waals surface area contributed by atoms with Gasteiger partial charge in [0.2, 0.25) is 0 Å². The SMILES string of the molecule is CCNC(=NCc1cccc(C#N)c1)NC(C)COC.I.